The van der Waals surface area contributed by atoms with Crippen LogP contribution < -0.4 is 19.5 Å². The fourth-order valence-corrected chi connectivity index (χ4v) is 2.82. The number of amides is 1. The Kier molecular flexibility index (Phi) is 5.96. The molecule has 1 amide bonds. The minimum absolute atomic E-state index is 0.0185. The number of carbonyl (C=O) groups excluding carboxylic acids is 1. The minimum Gasteiger partial charge on any atom is -0.494 e. The Balaban J connectivity index is 1.46. The van der Waals surface area contributed by atoms with Gasteiger partial charge in [-0.25, -0.2) is 0 Å². The summed E-state index contributed by atoms with van der Waals surface area (Å²) in [5, 5.41) is 2.95. The molecule has 0 spiro atoms. The predicted octanol–water partition coefficient (Wildman–Crippen LogP) is 2.56. The van der Waals surface area contributed by atoms with Gasteiger partial charge in [-0.15, -0.1) is 0 Å². The largest absolute Gasteiger partial charge is 0.494 e. The van der Waals surface area contributed by atoms with Crippen molar-refractivity contribution in [2.24, 2.45) is 0 Å². The van der Waals surface area contributed by atoms with Crippen molar-refractivity contribution in [1.82, 2.24) is 10.2 Å². The van der Waals surface area contributed by atoms with Gasteiger partial charge >= 0.3 is 0 Å². The van der Waals surface area contributed by atoms with Crippen molar-refractivity contribution in [3.63, 3.8) is 0 Å². The Bertz CT molecular complexity index is 763. The SMILES string of the molecule is CCOc1cccc(CNC(=O)CN(C)Cc2ccc3c(c2)OCO3)c1. The Morgan fingerprint density at radius 2 is 2.00 bits per heavy atom. The number of fused-ring (bicyclic) bond motifs is 1. The van der Waals surface area contributed by atoms with Crippen molar-refractivity contribution < 1.29 is 19.0 Å². The second-order valence-electron chi connectivity index (χ2n) is 6.22. The standard InChI is InChI=1S/C20H24N2O4/c1-3-24-17-6-4-5-15(9-17)11-21-20(23)13-22(2)12-16-7-8-18-19(10-16)26-14-25-18/h4-10H,3,11-14H2,1-2H3,(H,21,23). The third kappa shape index (κ3) is 4.89. The second-order valence-corrected chi connectivity index (χ2v) is 6.22. The van der Waals surface area contributed by atoms with E-state index in [4.69, 9.17) is 14.2 Å². The highest BCUT2D eigenvalue weighted by Gasteiger charge is 2.14. The number of hydrogen-bond donors (Lipinski definition) is 1. The summed E-state index contributed by atoms with van der Waals surface area (Å²) in [5.74, 6) is 2.33. The Hall–Kier alpha value is -2.73. The summed E-state index contributed by atoms with van der Waals surface area (Å²) in [6.07, 6.45) is 0. The van der Waals surface area contributed by atoms with Crippen LogP contribution in [0, 0.1) is 0 Å². The van der Waals surface area contributed by atoms with Gasteiger partial charge in [-0.3, -0.25) is 9.69 Å². The first kappa shape index (κ1) is 18.1. The van der Waals surface area contributed by atoms with Gasteiger partial charge in [0.1, 0.15) is 5.75 Å². The Morgan fingerprint density at radius 3 is 2.85 bits per heavy atom. The molecular weight excluding hydrogens is 332 g/mol. The van der Waals surface area contributed by atoms with E-state index in [9.17, 15) is 4.79 Å². The summed E-state index contributed by atoms with van der Waals surface area (Å²) in [7, 11) is 1.92. The number of likely N-dealkylation sites (N-methyl/N-ethyl adjacent to an activating group) is 1. The van der Waals surface area contributed by atoms with Crippen LogP contribution in [0.15, 0.2) is 42.5 Å². The minimum atomic E-state index is -0.0185. The van der Waals surface area contributed by atoms with E-state index < -0.39 is 0 Å². The van der Waals surface area contributed by atoms with Crippen LogP contribution in [0.4, 0.5) is 0 Å². The lowest BCUT2D eigenvalue weighted by Gasteiger charge is -2.16. The number of rotatable bonds is 8. The van der Waals surface area contributed by atoms with Gasteiger partial charge in [0.05, 0.1) is 13.2 Å². The van der Waals surface area contributed by atoms with Gasteiger partial charge in [0.2, 0.25) is 12.7 Å². The highest BCUT2D eigenvalue weighted by molar-refractivity contribution is 5.78. The zero-order valence-electron chi connectivity index (χ0n) is 15.2. The van der Waals surface area contributed by atoms with Crippen LogP contribution in [0.3, 0.4) is 0 Å². The van der Waals surface area contributed by atoms with Gasteiger partial charge in [-0.2, -0.15) is 0 Å². The highest BCUT2D eigenvalue weighted by Crippen LogP contribution is 2.32. The average Bonchev–Trinajstić information content (AvgIpc) is 3.08. The van der Waals surface area contributed by atoms with Gasteiger partial charge in [-0.1, -0.05) is 18.2 Å². The van der Waals surface area contributed by atoms with Crippen molar-refractivity contribution in [2.75, 3.05) is 27.0 Å². The molecule has 2 aromatic carbocycles. The molecule has 3 rings (SSSR count). The molecule has 1 N–H and O–H groups in total. The number of carbonyl (C=O) groups is 1. The van der Waals surface area contributed by atoms with Crippen molar-refractivity contribution in [2.45, 2.75) is 20.0 Å². The normalized spacial score (nSPS) is 12.3. The molecule has 0 unspecified atom stereocenters. The molecule has 0 aromatic heterocycles. The molecule has 0 aliphatic carbocycles. The fourth-order valence-electron chi connectivity index (χ4n) is 2.82. The van der Waals surface area contributed by atoms with E-state index in [0.717, 1.165) is 28.4 Å². The number of benzene rings is 2. The van der Waals surface area contributed by atoms with Crippen molar-refractivity contribution in [3.8, 4) is 17.2 Å². The van der Waals surface area contributed by atoms with E-state index in [1.165, 1.54) is 0 Å². The molecule has 0 radical (unpaired) electrons. The van der Waals surface area contributed by atoms with Crippen LogP contribution in [-0.4, -0.2) is 37.8 Å². The van der Waals surface area contributed by atoms with E-state index in [0.29, 0.717) is 26.2 Å². The topological polar surface area (TPSA) is 60.0 Å². The molecule has 6 heteroatoms. The molecule has 0 atom stereocenters. The van der Waals surface area contributed by atoms with Gasteiger partial charge in [0, 0.05) is 13.1 Å². The van der Waals surface area contributed by atoms with Crippen LogP contribution in [0.5, 0.6) is 17.2 Å². The lowest BCUT2D eigenvalue weighted by atomic mass is 10.2. The highest BCUT2D eigenvalue weighted by atomic mass is 16.7. The number of nitrogens with one attached hydrogen (secondary N) is 1. The summed E-state index contributed by atoms with van der Waals surface area (Å²) >= 11 is 0. The maximum Gasteiger partial charge on any atom is 0.234 e. The van der Waals surface area contributed by atoms with E-state index in [-0.39, 0.29) is 12.7 Å². The molecule has 26 heavy (non-hydrogen) atoms. The zero-order chi connectivity index (χ0) is 18.4. The van der Waals surface area contributed by atoms with Gasteiger partial charge in [-0.05, 0) is 49.4 Å². The predicted molar refractivity (Wildman–Crippen MR) is 98.4 cm³/mol. The van der Waals surface area contributed by atoms with Crippen LogP contribution in [-0.2, 0) is 17.9 Å². The summed E-state index contributed by atoms with van der Waals surface area (Å²) < 4.78 is 16.2. The lowest BCUT2D eigenvalue weighted by molar-refractivity contribution is -0.122. The van der Waals surface area contributed by atoms with E-state index >= 15 is 0 Å². The molecule has 0 saturated heterocycles. The summed E-state index contributed by atoms with van der Waals surface area (Å²) in [6.45, 7) is 4.30. The molecule has 1 aliphatic rings. The summed E-state index contributed by atoms with van der Waals surface area (Å²) in [6, 6.07) is 13.6. The molecule has 6 nitrogen and oxygen atoms in total. The fraction of sp³-hybridized carbons (Fsp3) is 0.350. The van der Waals surface area contributed by atoms with Crippen LogP contribution in [0.25, 0.3) is 0 Å². The number of nitrogens with zero attached hydrogens (tertiary/aromatic N) is 1. The van der Waals surface area contributed by atoms with Crippen LogP contribution >= 0.6 is 0 Å². The maximum absolute atomic E-state index is 12.2. The monoisotopic (exact) mass is 356 g/mol. The summed E-state index contributed by atoms with van der Waals surface area (Å²) in [4.78, 5) is 14.1. The number of ether oxygens (including phenoxy) is 3. The molecule has 0 saturated carbocycles. The number of hydrogen-bond acceptors (Lipinski definition) is 5. The third-order valence-corrected chi connectivity index (χ3v) is 4.00. The average molecular weight is 356 g/mol. The van der Waals surface area contributed by atoms with Gasteiger partial charge in [0.15, 0.2) is 11.5 Å². The van der Waals surface area contributed by atoms with Crippen LogP contribution in [0.1, 0.15) is 18.1 Å². The molecule has 1 heterocycles. The van der Waals surface area contributed by atoms with E-state index in [1.807, 2.05) is 61.3 Å². The van der Waals surface area contributed by atoms with E-state index in [1.54, 1.807) is 0 Å². The molecule has 0 bridgehead atoms. The Labute approximate surface area is 153 Å². The van der Waals surface area contributed by atoms with Crippen LogP contribution in [0.2, 0.25) is 0 Å². The lowest BCUT2D eigenvalue weighted by Crippen LogP contribution is -2.34. The zero-order valence-corrected chi connectivity index (χ0v) is 15.2. The first-order valence-electron chi connectivity index (χ1n) is 8.69. The van der Waals surface area contributed by atoms with Gasteiger partial charge < -0.3 is 19.5 Å². The van der Waals surface area contributed by atoms with E-state index in [2.05, 4.69) is 5.32 Å². The third-order valence-electron chi connectivity index (χ3n) is 4.00. The smallest absolute Gasteiger partial charge is 0.234 e. The molecule has 1 aliphatic heterocycles. The quantitative estimate of drug-likeness (QED) is 0.788. The molecular formula is C20H24N2O4. The first-order chi connectivity index (χ1) is 12.6. The van der Waals surface area contributed by atoms with Crippen molar-refractivity contribution in [1.29, 1.82) is 0 Å². The second kappa shape index (κ2) is 8.58. The maximum atomic E-state index is 12.2. The van der Waals surface area contributed by atoms with Gasteiger partial charge in [0.25, 0.3) is 0 Å². The molecule has 0 fully saturated rings. The van der Waals surface area contributed by atoms with Crippen molar-refractivity contribution in [3.05, 3.63) is 53.6 Å². The first-order valence-corrected chi connectivity index (χ1v) is 8.69. The molecule has 138 valence electrons. The molecule has 2 aromatic rings. The van der Waals surface area contributed by atoms with Crippen molar-refractivity contribution >= 4 is 5.91 Å². The Morgan fingerprint density at radius 1 is 1.15 bits per heavy atom. The summed E-state index contributed by atoms with van der Waals surface area (Å²) in [5.41, 5.74) is 2.09.